The van der Waals surface area contributed by atoms with Gasteiger partial charge in [-0.2, -0.15) is 0 Å². The average Bonchev–Trinajstić information content (AvgIpc) is 2.68. The fourth-order valence-electron chi connectivity index (χ4n) is 3.24. The molecule has 0 radical (unpaired) electrons. The molecule has 2 N–H and O–H groups in total. The maximum absolute atomic E-state index is 12.3. The lowest BCUT2D eigenvalue weighted by molar-refractivity contribution is -0.119. The highest BCUT2D eigenvalue weighted by Crippen LogP contribution is 2.24. The highest BCUT2D eigenvalue weighted by atomic mass is 32.2. The molecule has 0 aliphatic heterocycles. The van der Waals surface area contributed by atoms with Crippen LogP contribution in [0, 0.1) is 5.92 Å². The third-order valence-corrected chi connectivity index (χ3v) is 5.70. The zero-order chi connectivity index (χ0) is 19.2. The summed E-state index contributed by atoms with van der Waals surface area (Å²) < 4.78 is 5.11. The van der Waals surface area contributed by atoms with E-state index in [4.69, 9.17) is 4.74 Å². The van der Waals surface area contributed by atoms with Crippen molar-refractivity contribution < 1.29 is 9.53 Å². The number of hydrogen-bond acceptors (Lipinski definition) is 6. The maximum Gasteiger partial charge on any atom is 0.278 e. The molecule has 0 unspecified atom stereocenters. The Morgan fingerprint density at radius 2 is 2.00 bits per heavy atom. The summed E-state index contributed by atoms with van der Waals surface area (Å²) in [5.74, 6) is 1.38. The lowest BCUT2D eigenvalue weighted by Crippen LogP contribution is -2.41. The van der Waals surface area contributed by atoms with E-state index < -0.39 is 0 Å². The molecule has 2 atom stereocenters. The molecule has 7 nitrogen and oxygen atoms in total. The standard InChI is InChI=1S/C19H24N4O3S/c1-12-5-3-4-6-15(12)20-16(24)11-27-19-21-18(25)17(22-23-19)13-7-9-14(26-2)10-8-13/h7-10,12,15H,3-6,11H2,1-2H3,(H,20,24)(H,21,23,25)/t12-,15+/m0/s1. The molecule has 1 aliphatic rings. The number of hydrogen-bond donors (Lipinski definition) is 2. The van der Waals surface area contributed by atoms with Crippen LogP contribution in [0.1, 0.15) is 32.6 Å². The smallest absolute Gasteiger partial charge is 0.278 e. The third-order valence-electron chi connectivity index (χ3n) is 4.84. The molecule has 3 rings (SSSR count). The van der Waals surface area contributed by atoms with Crippen molar-refractivity contribution in [2.45, 2.75) is 43.8 Å². The fourth-order valence-corrected chi connectivity index (χ4v) is 3.85. The van der Waals surface area contributed by atoms with Gasteiger partial charge in [-0.15, -0.1) is 10.2 Å². The quantitative estimate of drug-likeness (QED) is 0.739. The zero-order valence-electron chi connectivity index (χ0n) is 15.5. The minimum Gasteiger partial charge on any atom is -0.497 e. The maximum atomic E-state index is 12.3. The van der Waals surface area contributed by atoms with Crippen LogP contribution in [0.5, 0.6) is 5.75 Å². The van der Waals surface area contributed by atoms with Crippen molar-refractivity contribution in [2.24, 2.45) is 5.92 Å². The van der Waals surface area contributed by atoms with Gasteiger partial charge in [0.1, 0.15) is 5.75 Å². The van der Waals surface area contributed by atoms with Gasteiger partial charge in [-0.05, 0) is 43.0 Å². The molecule has 1 amide bonds. The number of aromatic amines is 1. The van der Waals surface area contributed by atoms with E-state index in [0.29, 0.717) is 22.4 Å². The Morgan fingerprint density at radius 1 is 1.26 bits per heavy atom. The Labute approximate surface area is 162 Å². The number of benzene rings is 1. The number of amides is 1. The van der Waals surface area contributed by atoms with E-state index in [0.717, 1.165) is 19.3 Å². The second kappa shape index (κ2) is 9.03. The van der Waals surface area contributed by atoms with E-state index in [1.165, 1.54) is 18.2 Å². The molecule has 8 heteroatoms. The number of rotatable bonds is 6. The second-order valence-corrected chi connectivity index (χ2v) is 7.72. The summed E-state index contributed by atoms with van der Waals surface area (Å²) in [7, 11) is 1.58. The predicted molar refractivity (Wildman–Crippen MR) is 105 cm³/mol. The van der Waals surface area contributed by atoms with Gasteiger partial charge < -0.3 is 10.1 Å². The molecule has 1 aliphatic carbocycles. The van der Waals surface area contributed by atoms with Gasteiger partial charge in [-0.3, -0.25) is 14.6 Å². The van der Waals surface area contributed by atoms with Crippen LogP contribution >= 0.6 is 11.8 Å². The minimum atomic E-state index is -0.334. The molecule has 1 aromatic heterocycles. The Balaban J connectivity index is 1.58. The third kappa shape index (κ3) is 5.09. The lowest BCUT2D eigenvalue weighted by atomic mass is 9.86. The Kier molecular flexibility index (Phi) is 6.49. The van der Waals surface area contributed by atoms with E-state index in [1.807, 2.05) is 0 Å². The first-order chi connectivity index (χ1) is 13.1. The van der Waals surface area contributed by atoms with Crippen LogP contribution in [-0.2, 0) is 4.79 Å². The molecule has 0 bridgehead atoms. The zero-order valence-corrected chi connectivity index (χ0v) is 16.3. The second-order valence-electron chi connectivity index (χ2n) is 6.76. The molecule has 0 spiro atoms. The van der Waals surface area contributed by atoms with Crippen molar-refractivity contribution in [1.82, 2.24) is 20.5 Å². The van der Waals surface area contributed by atoms with E-state index in [-0.39, 0.29) is 29.0 Å². The largest absolute Gasteiger partial charge is 0.497 e. The molecular formula is C19H24N4O3S. The molecule has 1 heterocycles. The minimum absolute atomic E-state index is 0.0411. The number of nitrogens with zero attached hydrogens (tertiary/aromatic N) is 2. The normalized spacial score (nSPS) is 19.5. The summed E-state index contributed by atoms with van der Waals surface area (Å²) >= 11 is 1.18. The number of nitrogens with one attached hydrogen (secondary N) is 2. The van der Waals surface area contributed by atoms with E-state index in [9.17, 15) is 9.59 Å². The lowest BCUT2D eigenvalue weighted by Gasteiger charge is -2.29. The first-order valence-electron chi connectivity index (χ1n) is 9.10. The predicted octanol–water partition coefficient (Wildman–Crippen LogP) is 2.63. The van der Waals surface area contributed by atoms with Crippen LogP contribution in [0.15, 0.2) is 34.2 Å². The SMILES string of the molecule is COc1ccc(-c2nnc(SCC(=O)N[C@@H]3CCCC[C@@H]3C)[nH]c2=O)cc1. The molecule has 1 aromatic carbocycles. The summed E-state index contributed by atoms with van der Waals surface area (Å²) in [5, 5.41) is 11.5. The highest BCUT2D eigenvalue weighted by molar-refractivity contribution is 7.99. The molecule has 144 valence electrons. The van der Waals surface area contributed by atoms with E-state index in [1.54, 1.807) is 31.4 Å². The summed E-state index contributed by atoms with van der Waals surface area (Å²) in [6.45, 7) is 2.18. The fraction of sp³-hybridized carbons (Fsp3) is 0.474. The van der Waals surface area contributed by atoms with Crippen LogP contribution in [0.2, 0.25) is 0 Å². The summed E-state index contributed by atoms with van der Waals surface area (Å²) in [6, 6.07) is 7.27. The van der Waals surface area contributed by atoms with Gasteiger partial charge in [-0.25, -0.2) is 0 Å². The Bertz CT molecular complexity index is 838. The number of thioether (sulfide) groups is 1. The van der Waals surface area contributed by atoms with Crippen molar-refractivity contribution in [2.75, 3.05) is 12.9 Å². The van der Waals surface area contributed by atoms with E-state index >= 15 is 0 Å². The van der Waals surface area contributed by atoms with Crippen LogP contribution in [0.4, 0.5) is 0 Å². The molecular weight excluding hydrogens is 364 g/mol. The van der Waals surface area contributed by atoms with Gasteiger partial charge in [0.15, 0.2) is 10.9 Å². The first-order valence-corrected chi connectivity index (χ1v) is 10.1. The Hall–Kier alpha value is -2.35. The molecule has 1 fully saturated rings. The number of carbonyl (C=O) groups is 1. The number of ether oxygens (including phenoxy) is 1. The molecule has 0 saturated heterocycles. The topological polar surface area (TPSA) is 97.0 Å². The van der Waals surface area contributed by atoms with Crippen LogP contribution < -0.4 is 15.6 Å². The summed E-state index contributed by atoms with van der Waals surface area (Å²) in [6.07, 6.45) is 4.59. The van der Waals surface area contributed by atoms with Crippen LogP contribution in [0.3, 0.4) is 0 Å². The van der Waals surface area contributed by atoms with E-state index in [2.05, 4.69) is 27.4 Å². The van der Waals surface area contributed by atoms with Crippen molar-refractivity contribution in [3.8, 4) is 17.0 Å². The van der Waals surface area contributed by atoms with Gasteiger partial charge >= 0.3 is 0 Å². The molecule has 27 heavy (non-hydrogen) atoms. The number of methoxy groups -OCH3 is 1. The monoisotopic (exact) mass is 388 g/mol. The Morgan fingerprint density at radius 3 is 2.67 bits per heavy atom. The van der Waals surface area contributed by atoms with Gasteiger partial charge in [0, 0.05) is 11.6 Å². The first kappa shape index (κ1) is 19.4. The summed E-state index contributed by atoms with van der Waals surface area (Å²) in [4.78, 5) is 27.2. The average molecular weight is 388 g/mol. The number of carbonyl (C=O) groups excluding carboxylic acids is 1. The van der Waals surface area contributed by atoms with Crippen molar-refractivity contribution >= 4 is 17.7 Å². The van der Waals surface area contributed by atoms with Crippen molar-refractivity contribution in [1.29, 1.82) is 0 Å². The number of aromatic nitrogens is 3. The van der Waals surface area contributed by atoms with Gasteiger partial charge in [0.2, 0.25) is 5.91 Å². The molecule has 2 aromatic rings. The highest BCUT2D eigenvalue weighted by Gasteiger charge is 2.22. The number of H-pyrrole nitrogens is 1. The van der Waals surface area contributed by atoms with Crippen molar-refractivity contribution in [3.05, 3.63) is 34.6 Å². The van der Waals surface area contributed by atoms with Crippen LogP contribution in [-0.4, -0.2) is 40.0 Å². The van der Waals surface area contributed by atoms with Gasteiger partial charge in [0.25, 0.3) is 5.56 Å². The van der Waals surface area contributed by atoms with Crippen molar-refractivity contribution in [3.63, 3.8) is 0 Å². The molecule has 1 saturated carbocycles. The summed E-state index contributed by atoms with van der Waals surface area (Å²) in [5.41, 5.74) is 0.562. The van der Waals surface area contributed by atoms with Gasteiger partial charge in [0.05, 0.1) is 12.9 Å². The van der Waals surface area contributed by atoms with Gasteiger partial charge in [-0.1, -0.05) is 31.5 Å². The van der Waals surface area contributed by atoms with Crippen LogP contribution in [0.25, 0.3) is 11.3 Å².